The number of nitrogens with one attached hydrogen (secondary N) is 1. The molecular weight excluding hydrogens is 228 g/mol. The maximum Gasteiger partial charge on any atom is 0.120 e. The van der Waals surface area contributed by atoms with Gasteiger partial charge >= 0.3 is 0 Å². The Morgan fingerprint density at radius 3 is 2.39 bits per heavy atom. The van der Waals surface area contributed by atoms with Crippen molar-refractivity contribution in [3.8, 4) is 0 Å². The summed E-state index contributed by atoms with van der Waals surface area (Å²) >= 11 is 0. The lowest BCUT2D eigenvalue weighted by molar-refractivity contribution is 0.137. The molecule has 0 aliphatic heterocycles. The van der Waals surface area contributed by atoms with Gasteiger partial charge in [-0.15, -0.1) is 0 Å². The number of rotatable bonds is 11. The quantitative estimate of drug-likeness (QED) is 0.303. The van der Waals surface area contributed by atoms with E-state index in [2.05, 4.69) is 22.7 Å². The summed E-state index contributed by atoms with van der Waals surface area (Å²) in [6.45, 7) is 5.94. The SMILES string of the molecule is CCCCCCCC(NN=NC(N)CC)C(C)O. The van der Waals surface area contributed by atoms with E-state index in [4.69, 9.17) is 5.73 Å². The summed E-state index contributed by atoms with van der Waals surface area (Å²) in [5, 5.41) is 17.4. The summed E-state index contributed by atoms with van der Waals surface area (Å²) in [5.74, 6) is 0. The van der Waals surface area contributed by atoms with Gasteiger partial charge in [0.05, 0.1) is 12.1 Å². The van der Waals surface area contributed by atoms with Crippen LogP contribution in [0.3, 0.4) is 0 Å². The molecule has 0 spiro atoms. The Morgan fingerprint density at radius 2 is 1.83 bits per heavy atom. The zero-order chi connectivity index (χ0) is 13.8. The van der Waals surface area contributed by atoms with Crippen molar-refractivity contribution in [2.24, 2.45) is 16.1 Å². The largest absolute Gasteiger partial charge is 0.391 e. The fraction of sp³-hybridized carbons (Fsp3) is 1.00. The predicted octanol–water partition coefficient (Wildman–Crippen LogP) is 2.75. The van der Waals surface area contributed by atoms with Crippen molar-refractivity contribution in [3.05, 3.63) is 0 Å². The van der Waals surface area contributed by atoms with Crippen LogP contribution in [-0.2, 0) is 0 Å². The van der Waals surface area contributed by atoms with Crippen LogP contribution in [-0.4, -0.2) is 23.4 Å². The third-order valence-electron chi connectivity index (χ3n) is 3.05. The lowest BCUT2D eigenvalue weighted by Gasteiger charge is -2.18. The Hall–Kier alpha value is -0.680. The molecule has 0 radical (unpaired) electrons. The van der Waals surface area contributed by atoms with Gasteiger partial charge in [0.25, 0.3) is 0 Å². The molecule has 4 N–H and O–H groups in total. The fourth-order valence-corrected chi connectivity index (χ4v) is 1.64. The third-order valence-corrected chi connectivity index (χ3v) is 3.05. The molecule has 18 heavy (non-hydrogen) atoms. The van der Waals surface area contributed by atoms with Gasteiger partial charge in [-0.2, -0.15) is 5.11 Å². The highest BCUT2D eigenvalue weighted by Crippen LogP contribution is 2.09. The molecule has 5 heteroatoms. The number of hydrogen-bond donors (Lipinski definition) is 3. The summed E-state index contributed by atoms with van der Waals surface area (Å²) in [5.41, 5.74) is 8.53. The lowest BCUT2D eigenvalue weighted by Crippen LogP contribution is -2.35. The number of nitrogens with zero attached hydrogens (tertiary/aromatic N) is 2. The zero-order valence-corrected chi connectivity index (χ0v) is 12.1. The summed E-state index contributed by atoms with van der Waals surface area (Å²) in [4.78, 5) is 0. The first kappa shape index (κ1) is 17.3. The topological polar surface area (TPSA) is 83.0 Å². The smallest absolute Gasteiger partial charge is 0.120 e. The molecule has 0 aliphatic carbocycles. The van der Waals surface area contributed by atoms with Crippen LogP contribution in [0.2, 0.25) is 0 Å². The molecule has 0 rings (SSSR count). The van der Waals surface area contributed by atoms with Crippen LogP contribution in [0.25, 0.3) is 0 Å². The highest BCUT2D eigenvalue weighted by Gasteiger charge is 2.13. The van der Waals surface area contributed by atoms with E-state index in [-0.39, 0.29) is 12.2 Å². The van der Waals surface area contributed by atoms with Gasteiger partial charge in [-0.05, 0) is 19.8 Å². The average molecular weight is 258 g/mol. The van der Waals surface area contributed by atoms with E-state index in [0.717, 1.165) is 19.3 Å². The van der Waals surface area contributed by atoms with E-state index < -0.39 is 6.10 Å². The van der Waals surface area contributed by atoms with Crippen LogP contribution >= 0.6 is 0 Å². The fourth-order valence-electron chi connectivity index (χ4n) is 1.64. The number of unbranched alkanes of at least 4 members (excludes halogenated alkanes) is 4. The Labute approximate surface area is 111 Å². The van der Waals surface area contributed by atoms with Crippen LogP contribution in [0.15, 0.2) is 10.3 Å². The van der Waals surface area contributed by atoms with E-state index in [1.54, 1.807) is 6.92 Å². The van der Waals surface area contributed by atoms with Gasteiger partial charge in [0.1, 0.15) is 6.17 Å². The minimum atomic E-state index is -0.423. The third kappa shape index (κ3) is 9.36. The first-order valence-electron chi connectivity index (χ1n) is 7.20. The van der Waals surface area contributed by atoms with Gasteiger partial charge in [-0.25, -0.2) is 0 Å². The molecule has 0 aromatic rings. The van der Waals surface area contributed by atoms with Crippen molar-refractivity contribution < 1.29 is 5.11 Å². The number of aliphatic hydroxyl groups is 1. The molecule has 0 aromatic heterocycles. The van der Waals surface area contributed by atoms with Crippen molar-refractivity contribution in [3.63, 3.8) is 0 Å². The second-order valence-electron chi connectivity index (χ2n) is 4.87. The molecule has 0 aliphatic rings. The van der Waals surface area contributed by atoms with Crippen molar-refractivity contribution in [2.75, 3.05) is 0 Å². The highest BCUT2D eigenvalue weighted by molar-refractivity contribution is 4.70. The summed E-state index contributed by atoms with van der Waals surface area (Å²) in [6, 6.07) is -0.0283. The molecule has 0 heterocycles. The molecule has 108 valence electrons. The second kappa shape index (κ2) is 11.4. The molecule has 0 saturated heterocycles. The first-order chi connectivity index (χ1) is 8.61. The molecule has 5 nitrogen and oxygen atoms in total. The standard InChI is InChI=1S/C13H30N4O/c1-4-6-7-8-9-10-12(11(3)18)15-17-16-13(14)5-2/h11-13,18H,4-10,14H2,1-3H3,(H,15,16). The number of aliphatic hydroxyl groups excluding tert-OH is 1. The number of nitrogens with two attached hydrogens (primary N) is 1. The molecule has 0 bridgehead atoms. The van der Waals surface area contributed by atoms with Gasteiger partial charge in [0, 0.05) is 0 Å². The van der Waals surface area contributed by atoms with Crippen molar-refractivity contribution in [1.29, 1.82) is 0 Å². The maximum atomic E-state index is 9.64. The van der Waals surface area contributed by atoms with Gasteiger partial charge in [0.15, 0.2) is 0 Å². The maximum absolute atomic E-state index is 9.64. The molecule has 0 saturated carbocycles. The first-order valence-corrected chi connectivity index (χ1v) is 7.20. The van der Waals surface area contributed by atoms with Crippen molar-refractivity contribution in [2.45, 2.75) is 84.0 Å². The van der Waals surface area contributed by atoms with Crippen LogP contribution in [0.1, 0.15) is 65.7 Å². The molecule has 0 amide bonds. The van der Waals surface area contributed by atoms with Gasteiger partial charge < -0.3 is 10.8 Å². The minimum Gasteiger partial charge on any atom is -0.391 e. The van der Waals surface area contributed by atoms with Crippen LogP contribution in [0.5, 0.6) is 0 Å². The Kier molecular flexibility index (Phi) is 11.0. The monoisotopic (exact) mass is 258 g/mol. The Morgan fingerprint density at radius 1 is 1.17 bits per heavy atom. The second-order valence-corrected chi connectivity index (χ2v) is 4.87. The molecule has 3 atom stereocenters. The van der Waals surface area contributed by atoms with E-state index in [0.29, 0.717) is 0 Å². The summed E-state index contributed by atoms with van der Waals surface area (Å²) in [7, 11) is 0. The van der Waals surface area contributed by atoms with E-state index in [9.17, 15) is 5.11 Å². The lowest BCUT2D eigenvalue weighted by atomic mass is 10.0. The normalized spacial score (nSPS) is 16.7. The van der Waals surface area contributed by atoms with Gasteiger partial charge in [-0.3, -0.25) is 5.43 Å². The van der Waals surface area contributed by atoms with Gasteiger partial charge in [-0.1, -0.05) is 51.2 Å². The van der Waals surface area contributed by atoms with Crippen LogP contribution in [0.4, 0.5) is 0 Å². The van der Waals surface area contributed by atoms with E-state index in [1.807, 2.05) is 6.92 Å². The summed E-state index contributed by atoms with van der Waals surface area (Å²) in [6.07, 6.45) is 7.14. The highest BCUT2D eigenvalue weighted by atomic mass is 16.3. The Balaban J connectivity index is 3.82. The van der Waals surface area contributed by atoms with Crippen LogP contribution in [0, 0.1) is 0 Å². The molecule has 3 unspecified atom stereocenters. The minimum absolute atomic E-state index is 0.0283. The Bertz CT molecular complexity index is 209. The van der Waals surface area contributed by atoms with Crippen molar-refractivity contribution >= 4 is 0 Å². The molecular formula is C13H30N4O. The molecule has 0 fully saturated rings. The van der Waals surface area contributed by atoms with Crippen molar-refractivity contribution in [1.82, 2.24) is 5.43 Å². The predicted molar refractivity (Wildman–Crippen MR) is 75.1 cm³/mol. The zero-order valence-electron chi connectivity index (χ0n) is 12.1. The van der Waals surface area contributed by atoms with Crippen LogP contribution < -0.4 is 11.2 Å². The average Bonchev–Trinajstić information content (AvgIpc) is 2.35. The van der Waals surface area contributed by atoms with E-state index >= 15 is 0 Å². The number of hydrogen-bond acceptors (Lipinski definition) is 4. The van der Waals surface area contributed by atoms with Gasteiger partial charge in [0.2, 0.25) is 0 Å². The summed E-state index contributed by atoms with van der Waals surface area (Å²) < 4.78 is 0. The van der Waals surface area contributed by atoms with E-state index in [1.165, 1.54) is 25.7 Å². The molecule has 0 aromatic carbocycles.